The Morgan fingerprint density at radius 2 is 1.97 bits per heavy atom. The number of esters is 2. The fourth-order valence-electron chi connectivity index (χ4n) is 7.60. The minimum absolute atomic E-state index is 0.120. The van der Waals surface area contributed by atoms with Gasteiger partial charge in [-0.25, -0.2) is 0 Å². The monoisotopic (exact) mass is 462 g/mol. The summed E-state index contributed by atoms with van der Waals surface area (Å²) in [6, 6.07) is 0. The van der Waals surface area contributed by atoms with Crippen molar-refractivity contribution in [2.75, 3.05) is 13.7 Å². The second kappa shape index (κ2) is 7.69. The number of ether oxygens (including phenoxy) is 2. The predicted octanol–water partition coefficient (Wildman–Crippen LogP) is 5.50. The highest BCUT2D eigenvalue weighted by molar-refractivity contribution is 6.74. The first-order chi connectivity index (χ1) is 14.8. The van der Waals surface area contributed by atoms with Gasteiger partial charge in [-0.15, -0.1) is 0 Å². The molecule has 1 saturated heterocycles. The summed E-state index contributed by atoms with van der Waals surface area (Å²) in [6.45, 7) is 18.3. The lowest BCUT2D eigenvalue weighted by molar-refractivity contribution is -0.160. The van der Waals surface area contributed by atoms with E-state index in [-0.39, 0.29) is 46.1 Å². The number of hydrogen-bond acceptors (Lipinski definition) is 5. The van der Waals surface area contributed by atoms with Crippen LogP contribution in [0.25, 0.3) is 0 Å². The van der Waals surface area contributed by atoms with Gasteiger partial charge in [0.1, 0.15) is 5.60 Å². The maximum Gasteiger partial charge on any atom is 0.309 e. The highest BCUT2D eigenvalue weighted by Crippen LogP contribution is 2.74. The SMILES string of the molecule is C=C1C[C@]23C[C@H]1CC[C@H]2[C@@]1(CCCO[Si](C)(C)C(C)(C)C)OC(=O)[C@@H](C)[C@H]1[C@@H]3C(=O)OC. The van der Waals surface area contributed by atoms with Crippen LogP contribution in [0.15, 0.2) is 12.2 Å². The Kier molecular flexibility index (Phi) is 5.77. The Labute approximate surface area is 194 Å². The molecule has 0 aromatic carbocycles. The first-order valence-corrected chi connectivity index (χ1v) is 15.3. The molecule has 4 rings (SSSR count). The van der Waals surface area contributed by atoms with Crippen LogP contribution in [0.5, 0.6) is 0 Å². The van der Waals surface area contributed by atoms with E-state index in [1.807, 2.05) is 6.92 Å². The van der Waals surface area contributed by atoms with Crippen molar-refractivity contribution in [2.24, 2.45) is 35.0 Å². The van der Waals surface area contributed by atoms with E-state index in [4.69, 9.17) is 13.9 Å². The third kappa shape index (κ3) is 3.26. The summed E-state index contributed by atoms with van der Waals surface area (Å²) in [4.78, 5) is 26.1. The standard InChI is InChI=1S/C26H42O5Si/c1-16-14-25-15-18(16)10-11-19(25)26(12-9-13-30-32(7,8)24(3,4)5)20(17(2)22(27)31-26)21(25)23(28)29-6/h17-21H,1,9-15H2,2-8H3/t17-,18+,19+,20-,21+,25-,26+/m0/s1. The molecule has 1 aliphatic heterocycles. The fourth-order valence-corrected chi connectivity index (χ4v) is 8.68. The number of methoxy groups -OCH3 is 1. The van der Waals surface area contributed by atoms with Gasteiger partial charge in [-0.2, -0.15) is 0 Å². The van der Waals surface area contributed by atoms with Crippen molar-refractivity contribution in [3.63, 3.8) is 0 Å². The number of allylic oxidation sites excluding steroid dienone is 1. The molecule has 4 fully saturated rings. The number of hydrogen-bond donors (Lipinski definition) is 0. The van der Waals surface area contributed by atoms with E-state index in [0.717, 1.165) is 38.5 Å². The van der Waals surface area contributed by atoms with Gasteiger partial charge in [-0.1, -0.05) is 39.8 Å². The van der Waals surface area contributed by atoms with Crippen LogP contribution in [0.4, 0.5) is 0 Å². The summed E-state index contributed by atoms with van der Waals surface area (Å²) in [5.41, 5.74) is 0.520. The zero-order chi connectivity index (χ0) is 23.7. The Morgan fingerprint density at radius 1 is 1.28 bits per heavy atom. The highest BCUT2D eigenvalue weighted by atomic mass is 28.4. The molecule has 180 valence electrons. The van der Waals surface area contributed by atoms with Gasteiger partial charge in [0.05, 0.1) is 18.9 Å². The van der Waals surface area contributed by atoms with Crippen LogP contribution in [-0.2, 0) is 23.5 Å². The topological polar surface area (TPSA) is 61.8 Å². The van der Waals surface area contributed by atoms with E-state index < -0.39 is 13.9 Å². The Hall–Kier alpha value is -1.14. The van der Waals surface area contributed by atoms with Gasteiger partial charge in [0, 0.05) is 18.4 Å². The van der Waals surface area contributed by atoms with Gasteiger partial charge >= 0.3 is 11.9 Å². The van der Waals surface area contributed by atoms with Gasteiger partial charge in [0.2, 0.25) is 0 Å². The zero-order valence-corrected chi connectivity index (χ0v) is 22.1. The van der Waals surface area contributed by atoms with Crippen molar-refractivity contribution < 1.29 is 23.5 Å². The van der Waals surface area contributed by atoms with E-state index in [1.165, 1.54) is 12.7 Å². The van der Waals surface area contributed by atoms with Crippen LogP contribution in [0, 0.1) is 35.0 Å². The number of fused-ring (bicyclic) bond motifs is 3. The first kappa shape index (κ1) is 24.0. The van der Waals surface area contributed by atoms with Gasteiger partial charge in [-0.3, -0.25) is 9.59 Å². The maximum atomic E-state index is 13.2. The van der Waals surface area contributed by atoms with Crippen LogP contribution in [0.3, 0.4) is 0 Å². The molecule has 1 heterocycles. The van der Waals surface area contributed by atoms with Crippen LogP contribution >= 0.6 is 0 Å². The minimum Gasteiger partial charge on any atom is -0.469 e. The molecule has 0 aromatic heterocycles. The Balaban J connectivity index is 1.64. The van der Waals surface area contributed by atoms with Crippen molar-refractivity contribution in [1.29, 1.82) is 0 Å². The molecule has 0 radical (unpaired) electrons. The summed E-state index contributed by atoms with van der Waals surface area (Å²) >= 11 is 0. The average molecular weight is 463 g/mol. The lowest BCUT2D eigenvalue weighted by Crippen LogP contribution is -2.45. The molecule has 0 N–H and O–H groups in total. The number of rotatable bonds is 6. The first-order valence-electron chi connectivity index (χ1n) is 12.4. The summed E-state index contributed by atoms with van der Waals surface area (Å²) in [7, 11) is -0.354. The van der Waals surface area contributed by atoms with E-state index in [0.29, 0.717) is 12.5 Å². The molecular weight excluding hydrogens is 420 g/mol. The molecule has 1 spiro atoms. The van der Waals surface area contributed by atoms with Crippen molar-refractivity contribution in [3.05, 3.63) is 12.2 Å². The fraction of sp³-hybridized carbons (Fsp3) is 0.846. The Bertz CT molecular complexity index is 814. The molecule has 2 bridgehead atoms. The van der Waals surface area contributed by atoms with Gasteiger partial charge < -0.3 is 13.9 Å². The minimum atomic E-state index is -1.83. The molecule has 0 amide bonds. The predicted molar refractivity (Wildman–Crippen MR) is 126 cm³/mol. The summed E-state index contributed by atoms with van der Waals surface area (Å²) in [6.07, 6.45) is 5.54. The van der Waals surface area contributed by atoms with Crippen LogP contribution in [-0.4, -0.2) is 39.6 Å². The molecule has 3 aliphatic carbocycles. The molecule has 5 nitrogen and oxygen atoms in total. The van der Waals surface area contributed by atoms with Crippen molar-refractivity contribution in [2.45, 2.75) is 90.0 Å². The van der Waals surface area contributed by atoms with Crippen molar-refractivity contribution >= 4 is 20.3 Å². The molecule has 6 heteroatoms. The normalized spacial score (nSPS) is 40.8. The largest absolute Gasteiger partial charge is 0.469 e. The van der Waals surface area contributed by atoms with Crippen LogP contribution in [0.2, 0.25) is 18.1 Å². The molecule has 7 atom stereocenters. The quantitative estimate of drug-likeness (QED) is 0.226. The second-order valence-electron chi connectivity index (χ2n) is 12.5. The average Bonchev–Trinajstić information content (AvgIpc) is 3.20. The van der Waals surface area contributed by atoms with Crippen LogP contribution < -0.4 is 0 Å². The van der Waals surface area contributed by atoms with E-state index >= 15 is 0 Å². The van der Waals surface area contributed by atoms with Crippen molar-refractivity contribution in [1.82, 2.24) is 0 Å². The van der Waals surface area contributed by atoms with E-state index in [2.05, 4.69) is 40.4 Å². The Morgan fingerprint density at radius 3 is 2.59 bits per heavy atom. The molecular formula is C26H42O5Si. The third-order valence-electron chi connectivity index (χ3n) is 10.0. The van der Waals surface area contributed by atoms with Gasteiger partial charge in [0.15, 0.2) is 8.32 Å². The molecule has 3 saturated carbocycles. The zero-order valence-electron chi connectivity index (χ0n) is 21.1. The van der Waals surface area contributed by atoms with Gasteiger partial charge in [0.25, 0.3) is 0 Å². The maximum absolute atomic E-state index is 13.2. The van der Waals surface area contributed by atoms with Crippen LogP contribution in [0.1, 0.15) is 66.2 Å². The summed E-state index contributed by atoms with van der Waals surface area (Å²) in [5, 5.41) is 0.165. The van der Waals surface area contributed by atoms with Gasteiger partial charge in [-0.05, 0) is 68.0 Å². The van der Waals surface area contributed by atoms with E-state index in [1.54, 1.807) is 0 Å². The lowest BCUT2D eigenvalue weighted by atomic mass is 9.63. The lowest BCUT2D eigenvalue weighted by Gasteiger charge is -2.44. The summed E-state index contributed by atoms with van der Waals surface area (Å²) < 4.78 is 18.1. The molecule has 32 heavy (non-hydrogen) atoms. The molecule has 4 aliphatic rings. The van der Waals surface area contributed by atoms with Crippen molar-refractivity contribution in [3.8, 4) is 0 Å². The second-order valence-corrected chi connectivity index (χ2v) is 17.3. The third-order valence-corrected chi connectivity index (χ3v) is 14.6. The smallest absolute Gasteiger partial charge is 0.309 e. The number of carbonyl (C=O) groups is 2. The molecule has 0 aromatic rings. The van der Waals surface area contributed by atoms with E-state index in [9.17, 15) is 9.59 Å². The summed E-state index contributed by atoms with van der Waals surface area (Å²) in [5.74, 6) is -0.327. The molecule has 0 unspecified atom stereocenters. The number of carbonyl (C=O) groups excluding carboxylic acids is 2. The highest BCUT2D eigenvalue weighted by Gasteiger charge is 2.77.